The van der Waals surface area contributed by atoms with Crippen LogP contribution in [0.5, 0.6) is 0 Å². The number of amides is 1. The Morgan fingerprint density at radius 1 is 1.09 bits per heavy atom. The van der Waals surface area contributed by atoms with E-state index in [0.717, 1.165) is 11.3 Å². The fraction of sp³-hybridized carbons (Fsp3) is 0.118. The number of aliphatic hydroxyl groups excluding tert-OH is 1. The van der Waals surface area contributed by atoms with Crippen LogP contribution in [0.25, 0.3) is 5.69 Å². The first-order chi connectivity index (χ1) is 11.2. The van der Waals surface area contributed by atoms with Crippen LogP contribution in [0.3, 0.4) is 0 Å². The van der Waals surface area contributed by atoms with Gasteiger partial charge in [0.1, 0.15) is 6.33 Å². The van der Waals surface area contributed by atoms with Gasteiger partial charge in [-0.15, -0.1) is 5.10 Å². The summed E-state index contributed by atoms with van der Waals surface area (Å²) in [5, 5.41) is 16.8. The lowest BCUT2D eigenvalue weighted by Crippen LogP contribution is -2.29. The first kappa shape index (κ1) is 14.9. The topological polar surface area (TPSA) is 80.0 Å². The zero-order chi connectivity index (χ0) is 16.1. The summed E-state index contributed by atoms with van der Waals surface area (Å²) < 4.78 is 1.53. The Balaban J connectivity index is 1.62. The third kappa shape index (κ3) is 3.61. The Kier molecular flexibility index (Phi) is 4.44. The molecule has 1 atom stereocenters. The second-order valence-corrected chi connectivity index (χ2v) is 4.98. The van der Waals surface area contributed by atoms with E-state index in [1.165, 1.54) is 11.0 Å². The van der Waals surface area contributed by atoms with Crippen molar-refractivity contribution >= 4 is 5.91 Å². The van der Waals surface area contributed by atoms with E-state index < -0.39 is 12.0 Å². The molecule has 116 valence electrons. The molecule has 1 heterocycles. The lowest BCUT2D eigenvalue weighted by atomic mass is 10.1. The molecule has 6 heteroatoms. The fourth-order valence-corrected chi connectivity index (χ4v) is 2.13. The first-order valence-corrected chi connectivity index (χ1v) is 7.22. The monoisotopic (exact) mass is 308 g/mol. The van der Waals surface area contributed by atoms with Gasteiger partial charge in [0.15, 0.2) is 0 Å². The number of benzene rings is 2. The number of nitrogens with one attached hydrogen (secondary N) is 1. The number of hydrogen-bond acceptors (Lipinski definition) is 4. The smallest absolute Gasteiger partial charge is 0.291 e. The number of aromatic nitrogens is 3. The highest BCUT2D eigenvalue weighted by Gasteiger charge is 2.14. The minimum atomic E-state index is -0.767. The fourth-order valence-electron chi connectivity index (χ4n) is 2.13. The van der Waals surface area contributed by atoms with E-state index >= 15 is 0 Å². The van der Waals surface area contributed by atoms with Gasteiger partial charge in [-0.3, -0.25) is 4.79 Å². The van der Waals surface area contributed by atoms with Crippen molar-refractivity contribution in [1.82, 2.24) is 20.1 Å². The standard InChI is InChI=1S/C17H16N4O2/c22-15(13-7-3-1-4-8-13)11-18-17(23)16-19-12-21(20-16)14-9-5-2-6-10-14/h1-10,12,15,22H,11H2,(H,18,23). The SMILES string of the molecule is O=C(NCC(O)c1ccccc1)c1ncn(-c2ccccc2)n1. The van der Waals surface area contributed by atoms with Crippen LogP contribution in [0.2, 0.25) is 0 Å². The van der Waals surface area contributed by atoms with Gasteiger partial charge in [0.2, 0.25) is 5.82 Å². The zero-order valence-corrected chi connectivity index (χ0v) is 12.3. The van der Waals surface area contributed by atoms with Crippen LogP contribution in [0, 0.1) is 0 Å². The normalized spacial score (nSPS) is 11.9. The van der Waals surface area contributed by atoms with Crippen LogP contribution in [-0.2, 0) is 0 Å². The molecule has 23 heavy (non-hydrogen) atoms. The molecule has 1 unspecified atom stereocenters. The zero-order valence-electron chi connectivity index (χ0n) is 12.3. The molecule has 1 amide bonds. The summed E-state index contributed by atoms with van der Waals surface area (Å²) in [6.45, 7) is 0.0999. The Morgan fingerprint density at radius 2 is 1.74 bits per heavy atom. The molecule has 0 aliphatic rings. The second-order valence-electron chi connectivity index (χ2n) is 4.98. The predicted octanol–water partition coefficient (Wildman–Crippen LogP) is 1.73. The van der Waals surface area contributed by atoms with Crippen LogP contribution < -0.4 is 5.32 Å². The van der Waals surface area contributed by atoms with Crippen molar-refractivity contribution < 1.29 is 9.90 Å². The van der Waals surface area contributed by atoms with E-state index in [4.69, 9.17) is 0 Å². The van der Waals surface area contributed by atoms with Gasteiger partial charge in [-0.05, 0) is 17.7 Å². The molecule has 3 rings (SSSR count). The van der Waals surface area contributed by atoms with Crippen LogP contribution in [-0.4, -0.2) is 32.3 Å². The van der Waals surface area contributed by atoms with Crippen molar-refractivity contribution in [3.05, 3.63) is 78.4 Å². The van der Waals surface area contributed by atoms with Crippen molar-refractivity contribution in [3.8, 4) is 5.69 Å². The Hall–Kier alpha value is -2.99. The lowest BCUT2D eigenvalue weighted by Gasteiger charge is -2.11. The maximum Gasteiger partial charge on any atom is 0.291 e. The van der Waals surface area contributed by atoms with Crippen LogP contribution in [0.15, 0.2) is 67.0 Å². The summed E-state index contributed by atoms with van der Waals surface area (Å²) >= 11 is 0. The summed E-state index contributed by atoms with van der Waals surface area (Å²) in [5.74, 6) is -0.358. The molecule has 0 aliphatic heterocycles. The van der Waals surface area contributed by atoms with E-state index in [-0.39, 0.29) is 12.4 Å². The highest BCUT2D eigenvalue weighted by molar-refractivity contribution is 5.90. The van der Waals surface area contributed by atoms with Crippen molar-refractivity contribution in [1.29, 1.82) is 0 Å². The number of rotatable bonds is 5. The first-order valence-electron chi connectivity index (χ1n) is 7.22. The summed E-state index contributed by atoms with van der Waals surface area (Å²) in [7, 11) is 0. The van der Waals surface area contributed by atoms with Crippen LogP contribution in [0.1, 0.15) is 22.3 Å². The molecule has 0 spiro atoms. The average molecular weight is 308 g/mol. The maximum atomic E-state index is 12.1. The highest BCUT2D eigenvalue weighted by atomic mass is 16.3. The molecule has 0 bridgehead atoms. The summed E-state index contributed by atoms with van der Waals surface area (Å²) in [4.78, 5) is 16.1. The van der Waals surface area contributed by atoms with Gasteiger partial charge in [-0.25, -0.2) is 9.67 Å². The molecule has 0 radical (unpaired) electrons. The highest BCUT2D eigenvalue weighted by Crippen LogP contribution is 2.10. The molecule has 0 aliphatic carbocycles. The Bertz CT molecular complexity index is 772. The van der Waals surface area contributed by atoms with Gasteiger partial charge in [-0.2, -0.15) is 0 Å². The van der Waals surface area contributed by atoms with Gasteiger partial charge >= 0.3 is 0 Å². The minimum absolute atomic E-state index is 0.0640. The minimum Gasteiger partial charge on any atom is -0.387 e. The van der Waals surface area contributed by atoms with Gasteiger partial charge in [0.25, 0.3) is 5.91 Å². The number of para-hydroxylation sites is 1. The van der Waals surface area contributed by atoms with Gasteiger partial charge < -0.3 is 10.4 Å². The van der Waals surface area contributed by atoms with Crippen molar-refractivity contribution in [2.24, 2.45) is 0 Å². The summed E-state index contributed by atoms with van der Waals surface area (Å²) in [6, 6.07) is 18.6. The predicted molar refractivity (Wildman–Crippen MR) is 85.1 cm³/mol. The molecular formula is C17H16N4O2. The third-order valence-electron chi connectivity index (χ3n) is 3.36. The van der Waals surface area contributed by atoms with Gasteiger partial charge in [-0.1, -0.05) is 48.5 Å². The van der Waals surface area contributed by atoms with E-state index in [1.54, 1.807) is 12.1 Å². The molecule has 1 aromatic heterocycles. The average Bonchev–Trinajstić information content (AvgIpc) is 3.11. The molecule has 3 aromatic rings. The molecule has 0 saturated heterocycles. The number of nitrogens with zero attached hydrogens (tertiary/aromatic N) is 3. The van der Waals surface area contributed by atoms with Crippen LogP contribution in [0.4, 0.5) is 0 Å². The van der Waals surface area contributed by atoms with Gasteiger partial charge in [0, 0.05) is 6.54 Å². The number of hydrogen-bond donors (Lipinski definition) is 2. The molecule has 2 aromatic carbocycles. The van der Waals surface area contributed by atoms with Crippen molar-refractivity contribution in [2.45, 2.75) is 6.10 Å². The molecule has 2 N–H and O–H groups in total. The maximum absolute atomic E-state index is 12.1. The quantitative estimate of drug-likeness (QED) is 0.752. The van der Waals surface area contributed by atoms with E-state index in [1.807, 2.05) is 48.5 Å². The lowest BCUT2D eigenvalue weighted by molar-refractivity contribution is 0.0906. The van der Waals surface area contributed by atoms with E-state index in [2.05, 4.69) is 15.4 Å². The Labute approximate surface area is 133 Å². The second kappa shape index (κ2) is 6.85. The molecule has 0 saturated carbocycles. The number of carbonyl (C=O) groups is 1. The molecular weight excluding hydrogens is 292 g/mol. The molecule has 6 nitrogen and oxygen atoms in total. The Morgan fingerprint density at radius 3 is 2.43 bits per heavy atom. The van der Waals surface area contributed by atoms with E-state index in [9.17, 15) is 9.90 Å². The summed E-state index contributed by atoms with van der Waals surface area (Å²) in [6.07, 6.45) is 0.717. The number of carbonyl (C=O) groups excluding carboxylic acids is 1. The van der Waals surface area contributed by atoms with Crippen molar-refractivity contribution in [3.63, 3.8) is 0 Å². The van der Waals surface area contributed by atoms with Gasteiger partial charge in [0.05, 0.1) is 11.8 Å². The molecule has 0 fully saturated rings. The largest absolute Gasteiger partial charge is 0.387 e. The van der Waals surface area contributed by atoms with Crippen LogP contribution >= 0.6 is 0 Å². The van der Waals surface area contributed by atoms with E-state index in [0.29, 0.717) is 0 Å². The van der Waals surface area contributed by atoms with Crippen molar-refractivity contribution in [2.75, 3.05) is 6.54 Å². The summed E-state index contributed by atoms with van der Waals surface area (Å²) in [5.41, 5.74) is 1.57. The number of aliphatic hydroxyl groups is 1. The third-order valence-corrected chi connectivity index (χ3v) is 3.36.